The van der Waals surface area contributed by atoms with Crippen molar-refractivity contribution in [1.29, 1.82) is 0 Å². The zero-order valence-corrected chi connectivity index (χ0v) is 9.84. The molecule has 1 aliphatic rings. The summed E-state index contributed by atoms with van der Waals surface area (Å²) in [6, 6.07) is 7.33. The first-order valence-corrected chi connectivity index (χ1v) is 5.73. The van der Waals surface area contributed by atoms with Crippen LogP contribution in [0.1, 0.15) is 18.4 Å². The average Bonchev–Trinajstić information content (AvgIpc) is 2.09. The Hall–Kier alpha value is -0.540. The molecule has 1 aromatic rings. The standard InChI is InChI=1S/C11H15BrN2/c1-7-2-3-9(6-11(7)12)14-10-4-8(13)5-10/h2-3,6,8,10,14H,4-5,13H2,1H3. The van der Waals surface area contributed by atoms with Gasteiger partial charge in [-0.3, -0.25) is 0 Å². The quantitative estimate of drug-likeness (QED) is 0.852. The van der Waals surface area contributed by atoms with Crippen LogP contribution in [0.2, 0.25) is 0 Å². The molecule has 0 aliphatic heterocycles. The molecule has 1 aliphatic carbocycles. The third-order valence-corrected chi connectivity index (χ3v) is 3.57. The molecule has 0 spiro atoms. The van der Waals surface area contributed by atoms with Crippen LogP contribution < -0.4 is 11.1 Å². The van der Waals surface area contributed by atoms with Crippen LogP contribution >= 0.6 is 15.9 Å². The number of hydrogen-bond acceptors (Lipinski definition) is 2. The molecule has 0 saturated heterocycles. The number of benzene rings is 1. The van der Waals surface area contributed by atoms with E-state index in [0.717, 1.165) is 17.3 Å². The van der Waals surface area contributed by atoms with E-state index in [-0.39, 0.29) is 0 Å². The highest BCUT2D eigenvalue weighted by Crippen LogP contribution is 2.25. The van der Waals surface area contributed by atoms with Crippen LogP contribution in [0, 0.1) is 6.92 Å². The molecule has 14 heavy (non-hydrogen) atoms. The van der Waals surface area contributed by atoms with E-state index in [0.29, 0.717) is 12.1 Å². The minimum atomic E-state index is 0.404. The predicted octanol–water partition coefficient (Wildman–Crippen LogP) is 2.66. The van der Waals surface area contributed by atoms with Gasteiger partial charge in [-0.1, -0.05) is 22.0 Å². The first-order chi connectivity index (χ1) is 6.65. The summed E-state index contributed by atoms with van der Waals surface area (Å²) in [5.74, 6) is 0. The molecule has 0 radical (unpaired) electrons. The number of hydrogen-bond donors (Lipinski definition) is 2. The summed E-state index contributed by atoms with van der Waals surface area (Å²) in [4.78, 5) is 0. The van der Waals surface area contributed by atoms with Crippen molar-refractivity contribution in [3.63, 3.8) is 0 Å². The number of anilines is 1. The molecule has 2 nitrogen and oxygen atoms in total. The van der Waals surface area contributed by atoms with Crippen LogP contribution in [0.3, 0.4) is 0 Å². The van der Waals surface area contributed by atoms with Crippen molar-refractivity contribution in [2.45, 2.75) is 31.8 Å². The van der Waals surface area contributed by atoms with Crippen LogP contribution in [0.15, 0.2) is 22.7 Å². The first-order valence-electron chi connectivity index (χ1n) is 4.93. The summed E-state index contributed by atoms with van der Waals surface area (Å²) in [5, 5.41) is 3.47. The summed E-state index contributed by atoms with van der Waals surface area (Å²) in [6.07, 6.45) is 2.18. The molecular formula is C11H15BrN2. The summed E-state index contributed by atoms with van der Waals surface area (Å²) < 4.78 is 1.16. The molecule has 0 amide bonds. The van der Waals surface area contributed by atoms with Gasteiger partial charge in [0.05, 0.1) is 0 Å². The Balaban J connectivity index is 2.00. The minimum Gasteiger partial charge on any atom is -0.382 e. The lowest BCUT2D eigenvalue weighted by atomic mass is 9.87. The number of nitrogens with one attached hydrogen (secondary N) is 1. The molecule has 3 N–H and O–H groups in total. The van der Waals surface area contributed by atoms with E-state index in [4.69, 9.17) is 5.73 Å². The number of aryl methyl sites for hydroxylation is 1. The second-order valence-corrected chi connectivity index (χ2v) is 4.89. The molecule has 1 saturated carbocycles. The Bertz CT molecular complexity index is 332. The zero-order valence-electron chi connectivity index (χ0n) is 8.26. The Morgan fingerprint density at radius 1 is 1.43 bits per heavy atom. The van der Waals surface area contributed by atoms with Gasteiger partial charge in [-0.15, -0.1) is 0 Å². The molecule has 0 bridgehead atoms. The highest BCUT2D eigenvalue weighted by molar-refractivity contribution is 9.10. The summed E-state index contributed by atoms with van der Waals surface area (Å²) >= 11 is 3.52. The van der Waals surface area contributed by atoms with E-state index < -0.39 is 0 Å². The van der Waals surface area contributed by atoms with Crippen LogP contribution in [-0.2, 0) is 0 Å². The molecule has 3 heteroatoms. The van der Waals surface area contributed by atoms with Crippen molar-refractivity contribution in [2.24, 2.45) is 5.73 Å². The van der Waals surface area contributed by atoms with Crippen molar-refractivity contribution in [1.82, 2.24) is 0 Å². The Morgan fingerprint density at radius 2 is 2.14 bits per heavy atom. The number of nitrogens with two attached hydrogens (primary N) is 1. The molecule has 0 atom stereocenters. The highest BCUT2D eigenvalue weighted by atomic mass is 79.9. The molecule has 0 aromatic heterocycles. The predicted molar refractivity (Wildman–Crippen MR) is 63.5 cm³/mol. The Morgan fingerprint density at radius 3 is 2.71 bits per heavy atom. The molecule has 1 aromatic carbocycles. The van der Waals surface area contributed by atoms with E-state index in [9.17, 15) is 0 Å². The first kappa shape index (κ1) is 9.99. The van der Waals surface area contributed by atoms with Gasteiger partial charge in [-0.2, -0.15) is 0 Å². The van der Waals surface area contributed by atoms with E-state index >= 15 is 0 Å². The maximum atomic E-state index is 5.73. The lowest BCUT2D eigenvalue weighted by molar-refractivity contribution is 0.373. The summed E-state index contributed by atoms with van der Waals surface area (Å²) in [5.41, 5.74) is 8.17. The highest BCUT2D eigenvalue weighted by Gasteiger charge is 2.25. The van der Waals surface area contributed by atoms with E-state index in [1.54, 1.807) is 0 Å². The molecule has 76 valence electrons. The van der Waals surface area contributed by atoms with Gasteiger partial charge < -0.3 is 11.1 Å². The Labute approximate surface area is 93.0 Å². The van der Waals surface area contributed by atoms with Gasteiger partial charge >= 0.3 is 0 Å². The van der Waals surface area contributed by atoms with Crippen molar-refractivity contribution in [2.75, 3.05) is 5.32 Å². The summed E-state index contributed by atoms with van der Waals surface area (Å²) in [7, 11) is 0. The van der Waals surface area contributed by atoms with E-state index in [1.165, 1.54) is 11.3 Å². The van der Waals surface area contributed by atoms with Gasteiger partial charge in [0, 0.05) is 22.2 Å². The van der Waals surface area contributed by atoms with E-state index in [1.807, 2.05) is 0 Å². The fraction of sp³-hybridized carbons (Fsp3) is 0.455. The third-order valence-electron chi connectivity index (χ3n) is 2.72. The van der Waals surface area contributed by atoms with Gasteiger partial charge in [0.15, 0.2) is 0 Å². The largest absolute Gasteiger partial charge is 0.382 e. The van der Waals surface area contributed by atoms with E-state index in [2.05, 4.69) is 46.4 Å². The maximum Gasteiger partial charge on any atom is 0.0353 e. The molecule has 1 fully saturated rings. The van der Waals surface area contributed by atoms with Crippen LogP contribution in [-0.4, -0.2) is 12.1 Å². The van der Waals surface area contributed by atoms with Crippen LogP contribution in [0.4, 0.5) is 5.69 Å². The second kappa shape index (κ2) is 3.91. The van der Waals surface area contributed by atoms with Crippen molar-refractivity contribution in [3.8, 4) is 0 Å². The fourth-order valence-corrected chi connectivity index (χ4v) is 2.08. The topological polar surface area (TPSA) is 38.0 Å². The molecule has 2 rings (SSSR count). The third kappa shape index (κ3) is 2.10. The van der Waals surface area contributed by atoms with Crippen molar-refractivity contribution in [3.05, 3.63) is 28.2 Å². The fourth-order valence-electron chi connectivity index (χ4n) is 1.70. The molecule has 0 unspecified atom stereocenters. The Kier molecular flexibility index (Phi) is 2.79. The average molecular weight is 255 g/mol. The van der Waals surface area contributed by atoms with Crippen LogP contribution in [0.25, 0.3) is 0 Å². The SMILES string of the molecule is Cc1ccc(NC2CC(N)C2)cc1Br. The van der Waals surface area contributed by atoms with Gasteiger partial charge in [0.2, 0.25) is 0 Å². The smallest absolute Gasteiger partial charge is 0.0353 e. The lowest BCUT2D eigenvalue weighted by Gasteiger charge is -2.33. The minimum absolute atomic E-state index is 0.404. The molecule has 0 heterocycles. The maximum absolute atomic E-state index is 5.73. The van der Waals surface area contributed by atoms with Gasteiger partial charge in [0.1, 0.15) is 0 Å². The van der Waals surface area contributed by atoms with Gasteiger partial charge in [0.25, 0.3) is 0 Å². The second-order valence-electron chi connectivity index (χ2n) is 4.04. The zero-order chi connectivity index (χ0) is 10.1. The normalized spacial score (nSPS) is 25.6. The van der Waals surface area contributed by atoms with Gasteiger partial charge in [-0.05, 0) is 37.5 Å². The van der Waals surface area contributed by atoms with Crippen molar-refractivity contribution >= 4 is 21.6 Å². The lowest BCUT2D eigenvalue weighted by Crippen LogP contribution is -2.44. The monoisotopic (exact) mass is 254 g/mol. The molecular weight excluding hydrogens is 240 g/mol. The van der Waals surface area contributed by atoms with Crippen LogP contribution in [0.5, 0.6) is 0 Å². The summed E-state index contributed by atoms with van der Waals surface area (Å²) in [6.45, 7) is 2.09. The van der Waals surface area contributed by atoms with Gasteiger partial charge in [-0.25, -0.2) is 0 Å². The number of rotatable bonds is 2. The van der Waals surface area contributed by atoms with Crippen molar-refractivity contribution < 1.29 is 0 Å². The number of halogens is 1.